The van der Waals surface area contributed by atoms with Crippen molar-refractivity contribution in [2.45, 2.75) is 43.6 Å². The number of likely N-dealkylation sites (tertiary alicyclic amines) is 1. The third-order valence-corrected chi connectivity index (χ3v) is 3.88. The molecule has 1 aliphatic heterocycles. The van der Waals surface area contributed by atoms with Crippen LogP contribution in [0.5, 0.6) is 0 Å². The number of hydrogen-bond donors (Lipinski definition) is 1. The lowest BCUT2D eigenvalue weighted by atomic mass is 9.87. The SMILES string of the molecule is COC1(OC)CN(C2CCCCC2N)C1. The van der Waals surface area contributed by atoms with Crippen molar-refractivity contribution in [1.82, 2.24) is 4.90 Å². The van der Waals surface area contributed by atoms with Crippen LogP contribution in [0.2, 0.25) is 0 Å². The maximum atomic E-state index is 6.14. The van der Waals surface area contributed by atoms with E-state index < -0.39 is 0 Å². The van der Waals surface area contributed by atoms with Crippen molar-refractivity contribution in [3.8, 4) is 0 Å². The van der Waals surface area contributed by atoms with Crippen LogP contribution in [0.4, 0.5) is 0 Å². The first-order chi connectivity index (χ1) is 7.21. The maximum Gasteiger partial charge on any atom is 0.193 e. The molecule has 4 nitrogen and oxygen atoms in total. The van der Waals surface area contributed by atoms with Crippen LogP contribution in [-0.4, -0.2) is 50.1 Å². The summed E-state index contributed by atoms with van der Waals surface area (Å²) in [5, 5.41) is 0. The third-order valence-electron chi connectivity index (χ3n) is 3.88. The molecule has 2 rings (SSSR count). The average Bonchev–Trinajstić information content (AvgIpc) is 2.20. The van der Waals surface area contributed by atoms with Gasteiger partial charge in [0.05, 0.1) is 13.1 Å². The van der Waals surface area contributed by atoms with E-state index in [4.69, 9.17) is 15.2 Å². The molecule has 1 saturated carbocycles. The van der Waals surface area contributed by atoms with Crippen LogP contribution in [-0.2, 0) is 9.47 Å². The van der Waals surface area contributed by atoms with Gasteiger partial charge < -0.3 is 15.2 Å². The Labute approximate surface area is 91.7 Å². The highest BCUT2D eigenvalue weighted by molar-refractivity contribution is 4.97. The van der Waals surface area contributed by atoms with Crippen molar-refractivity contribution in [2.24, 2.45) is 5.73 Å². The van der Waals surface area contributed by atoms with Crippen molar-refractivity contribution >= 4 is 0 Å². The standard InChI is InChI=1S/C11H22N2O2/c1-14-11(15-2)7-13(8-11)10-6-4-3-5-9(10)12/h9-10H,3-8,12H2,1-2H3. The van der Waals surface area contributed by atoms with Gasteiger partial charge in [-0.3, -0.25) is 4.90 Å². The van der Waals surface area contributed by atoms with Crippen LogP contribution in [0.15, 0.2) is 0 Å². The third kappa shape index (κ3) is 2.04. The zero-order valence-electron chi connectivity index (χ0n) is 9.74. The quantitative estimate of drug-likeness (QED) is 0.697. The highest BCUT2D eigenvalue weighted by Crippen LogP contribution is 2.32. The number of methoxy groups -OCH3 is 2. The van der Waals surface area contributed by atoms with Gasteiger partial charge in [0.15, 0.2) is 5.79 Å². The Morgan fingerprint density at radius 2 is 1.73 bits per heavy atom. The normalized spacial score (nSPS) is 36.2. The molecule has 2 atom stereocenters. The number of nitrogens with zero attached hydrogens (tertiary/aromatic N) is 1. The molecule has 1 saturated heterocycles. The molecule has 0 aromatic heterocycles. The first kappa shape index (κ1) is 11.3. The summed E-state index contributed by atoms with van der Waals surface area (Å²) in [6, 6.07) is 0.877. The lowest BCUT2D eigenvalue weighted by Crippen LogP contribution is -2.69. The zero-order chi connectivity index (χ0) is 10.9. The first-order valence-electron chi connectivity index (χ1n) is 5.81. The van der Waals surface area contributed by atoms with Gasteiger partial charge in [-0.25, -0.2) is 0 Å². The number of rotatable bonds is 3. The molecule has 88 valence electrons. The van der Waals surface area contributed by atoms with Crippen LogP contribution in [0.3, 0.4) is 0 Å². The number of ether oxygens (including phenoxy) is 2. The summed E-state index contributed by atoms with van der Waals surface area (Å²) in [4.78, 5) is 2.40. The van der Waals surface area contributed by atoms with Crippen molar-refractivity contribution in [3.05, 3.63) is 0 Å². The average molecular weight is 214 g/mol. The second-order valence-corrected chi connectivity index (χ2v) is 4.74. The molecule has 1 heterocycles. The summed E-state index contributed by atoms with van der Waals surface area (Å²) in [5.74, 6) is -0.364. The summed E-state index contributed by atoms with van der Waals surface area (Å²) in [7, 11) is 3.42. The van der Waals surface area contributed by atoms with Crippen LogP contribution < -0.4 is 5.73 Å². The van der Waals surface area contributed by atoms with Gasteiger partial charge in [-0.15, -0.1) is 0 Å². The molecule has 2 fully saturated rings. The van der Waals surface area contributed by atoms with E-state index >= 15 is 0 Å². The Kier molecular flexibility index (Phi) is 3.30. The van der Waals surface area contributed by atoms with Crippen molar-refractivity contribution in [3.63, 3.8) is 0 Å². The second kappa shape index (κ2) is 4.37. The molecule has 4 heteroatoms. The van der Waals surface area contributed by atoms with E-state index in [9.17, 15) is 0 Å². The molecule has 0 spiro atoms. The monoisotopic (exact) mass is 214 g/mol. The van der Waals surface area contributed by atoms with Gasteiger partial charge in [0.25, 0.3) is 0 Å². The predicted octanol–water partition coefficient (Wildman–Crippen LogP) is 0.561. The smallest absolute Gasteiger partial charge is 0.193 e. The fraction of sp³-hybridized carbons (Fsp3) is 1.00. The largest absolute Gasteiger partial charge is 0.351 e. The zero-order valence-corrected chi connectivity index (χ0v) is 9.74. The highest BCUT2D eigenvalue weighted by Gasteiger charge is 2.47. The van der Waals surface area contributed by atoms with Crippen molar-refractivity contribution < 1.29 is 9.47 Å². The topological polar surface area (TPSA) is 47.7 Å². The van der Waals surface area contributed by atoms with E-state index in [0.717, 1.165) is 19.5 Å². The van der Waals surface area contributed by atoms with Gasteiger partial charge in [0, 0.05) is 26.3 Å². The molecule has 2 N–H and O–H groups in total. The molecule has 0 bridgehead atoms. The van der Waals surface area contributed by atoms with E-state index in [1.54, 1.807) is 14.2 Å². The van der Waals surface area contributed by atoms with Gasteiger partial charge in [-0.2, -0.15) is 0 Å². The summed E-state index contributed by atoms with van der Waals surface area (Å²) < 4.78 is 10.7. The molecule has 2 aliphatic rings. The molecular weight excluding hydrogens is 192 g/mol. The number of hydrogen-bond acceptors (Lipinski definition) is 4. The second-order valence-electron chi connectivity index (χ2n) is 4.74. The molecule has 0 radical (unpaired) electrons. The molecular formula is C11H22N2O2. The van der Waals surface area contributed by atoms with Crippen molar-refractivity contribution in [1.29, 1.82) is 0 Å². The van der Waals surface area contributed by atoms with E-state index in [0.29, 0.717) is 12.1 Å². The Bertz CT molecular complexity index is 211. The lowest BCUT2D eigenvalue weighted by molar-refractivity contribution is -0.284. The van der Waals surface area contributed by atoms with Crippen LogP contribution >= 0.6 is 0 Å². The Hall–Kier alpha value is -0.160. The molecule has 0 aromatic rings. The van der Waals surface area contributed by atoms with Gasteiger partial charge in [-0.05, 0) is 12.8 Å². The van der Waals surface area contributed by atoms with Crippen molar-refractivity contribution in [2.75, 3.05) is 27.3 Å². The van der Waals surface area contributed by atoms with E-state index in [-0.39, 0.29) is 5.79 Å². The van der Waals surface area contributed by atoms with Crippen LogP contribution in [0.1, 0.15) is 25.7 Å². The Balaban J connectivity index is 1.87. The van der Waals surface area contributed by atoms with Gasteiger partial charge in [0.1, 0.15) is 0 Å². The fourth-order valence-corrected chi connectivity index (χ4v) is 2.74. The summed E-state index contributed by atoms with van der Waals surface area (Å²) in [6.45, 7) is 1.72. The maximum absolute atomic E-state index is 6.14. The molecule has 1 aliphatic carbocycles. The summed E-state index contributed by atoms with van der Waals surface area (Å²) in [5.41, 5.74) is 6.14. The molecule has 15 heavy (non-hydrogen) atoms. The predicted molar refractivity (Wildman–Crippen MR) is 58.6 cm³/mol. The fourth-order valence-electron chi connectivity index (χ4n) is 2.74. The molecule has 0 amide bonds. The van der Waals surface area contributed by atoms with Crippen LogP contribution in [0, 0.1) is 0 Å². The van der Waals surface area contributed by atoms with Gasteiger partial charge in [-0.1, -0.05) is 12.8 Å². The Morgan fingerprint density at radius 3 is 2.27 bits per heavy atom. The number of nitrogens with two attached hydrogens (primary N) is 1. The lowest BCUT2D eigenvalue weighted by Gasteiger charge is -2.53. The molecule has 0 aromatic carbocycles. The van der Waals surface area contributed by atoms with E-state index in [1.165, 1.54) is 19.3 Å². The minimum atomic E-state index is -0.364. The highest BCUT2D eigenvalue weighted by atomic mass is 16.7. The van der Waals surface area contributed by atoms with Gasteiger partial charge in [0.2, 0.25) is 0 Å². The van der Waals surface area contributed by atoms with Crippen LogP contribution in [0.25, 0.3) is 0 Å². The first-order valence-corrected chi connectivity index (χ1v) is 5.81. The Morgan fingerprint density at radius 1 is 1.13 bits per heavy atom. The van der Waals surface area contributed by atoms with Gasteiger partial charge >= 0.3 is 0 Å². The summed E-state index contributed by atoms with van der Waals surface area (Å²) in [6.07, 6.45) is 4.98. The summed E-state index contributed by atoms with van der Waals surface area (Å²) >= 11 is 0. The van der Waals surface area contributed by atoms with E-state index in [2.05, 4.69) is 4.90 Å². The minimum Gasteiger partial charge on any atom is -0.351 e. The molecule has 2 unspecified atom stereocenters. The minimum absolute atomic E-state index is 0.338. The van der Waals surface area contributed by atoms with E-state index in [1.807, 2.05) is 0 Å².